The van der Waals surface area contributed by atoms with Gasteiger partial charge in [0.15, 0.2) is 0 Å². The molecule has 0 saturated heterocycles. The molecular weight excluding hydrogens is 237 g/mol. The van der Waals surface area contributed by atoms with E-state index in [0.717, 1.165) is 0 Å². The Balaban J connectivity index is 3.33. The summed E-state index contributed by atoms with van der Waals surface area (Å²) in [5.41, 5.74) is 0. The summed E-state index contributed by atoms with van der Waals surface area (Å²) in [6, 6.07) is 3.05. The quantitative estimate of drug-likeness (QED) is 0.555. The van der Waals surface area contributed by atoms with Crippen molar-refractivity contribution in [1.82, 2.24) is 4.98 Å². The summed E-state index contributed by atoms with van der Waals surface area (Å²) in [5.74, 6) is 0.111. The first-order valence-electron chi connectivity index (χ1n) is 3.83. The van der Waals surface area contributed by atoms with Crippen LogP contribution in [0.1, 0.15) is 6.92 Å². The van der Waals surface area contributed by atoms with E-state index >= 15 is 0 Å². The molecule has 0 unspecified atom stereocenters. The van der Waals surface area contributed by atoms with Crippen molar-refractivity contribution >= 4 is 70.2 Å². The van der Waals surface area contributed by atoms with Gasteiger partial charge in [-0.05, 0) is 0 Å². The second-order valence-electron chi connectivity index (χ2n) is 2.62. The molecule has 6 heteroatoms. The standard InChI is InChI=1S/C7H7ClNO2S.K/c1-2-12(10,11)6-3-4-7(8)9-5-6;/h3-4H,2H2,1H3;. The number of halogens is 1. The number of aromatic nitrogens is 1. The first-order chi connectivity index (χ1) is 5.97. The van der Waals surface area contributed by atoms with Crippen molar-refractivity contribution in [3.63, 3.8) is 0 Å². The summed E-state index contributed by atoms with van der Waals surface area (Å²) in [4.78, 5) is 4.30. The van der Waals surface area contributed by atoms with Gasteiger partial charge in [0, 0.05) is 0 Å². The van der Waals surface area contributed by atoms with Gasteiger partial charge in [0.05, 0.1) is 0 Å². The van der Waals surface area contributed by atoms with Gasteiger partial charge in [-0.3, -0.25) is 0 Å². The molecule has 0 aliphatic carbocycles. The van der Waals surface area contributed by atoms with E-state index in [-0.39, 0.29) is 54.7 Å². The summed E-state index contributed by atoms with van der Waals surface area (Å²) in [6.45, 7) is 1.62. The van der Waals surface area contributed by atoms with E-state index in [9.17, 15) is 8.42 Å². The van der Waals surface area contributed by atoms with E-state index in [1.165, 1.54) is 12.1 Å². The second-order valence-corrected chi connectivity index (χ2v) is 6.73. The SMILES string of the molecule is CCS(=O)(=O)c1ccc(Cl)n[c]1[K]. The van der Waals surface area contributed by atoms with Crippen molar-refractivity contribution in [3.05, 3.63) is 17.3 Å². The van der Waals surface area contributed by atoms with Crippen LogP contribution in [-0.2, 0) is 9.84 Å². The normalized spacial score (nSPS) is 11.7. The summed E-state index contributed by atoms with van der Waals surface area (Å²) in [6.07, 6.45) is 0. The van der Waals surface area contributed by atoms with Crippen LogP contribution in [-0.4, -0.2) is 68.1 Å². The molecule has 0 bridgehead atoms. The van der Waals surface area contributed by atoms with E-state index in [4.69, 9.17) is 11.6 Å². The zero-order valence-corrected chi connectivity index (χ0v) is 12.1. The third-order valence-electron chi connectivity index (χ3n) is 1.72. The van der Waals surface area contributed by atoms with Crippen molar-refractivity contribution in [2.45, 2.75) is 11.8 Å². The van der Waals surface area contributed by atoms with Crippen molar-refractivity contribution in [2.24, 2.45) is 0 Å². The number of hydrogen-bond donors (Lipinski definition) is 0. The molecule has 0 aliphatic rings. The molecule has 1 aromatic rings. The van der Waals surface area contributed by atoms with Gasteiger partial charge in [-0.25, -0.2) is 0 Å². The molecule has 0 aromatic carbocycles. The molecule has 0 radical (unpaired) electrons. The van der Waals surface area contributed by atoms with Gasteiger partial charge in [-0.2, -0.15) is 0 Å². The van der Waals surface area contributed by atoms with E-state index in [0.29, 0.717) is 9.84 Å². The third-order valence-corrected chi connectivity index (χ3v) is 5.55. The Hall–Kier alpha value is 1.03. The third kappa shape index (κ3) is 2.99. The molecule has 0 amide bonds. The average molecular weight is 244 g/mol. The molecule has 0 spiro atoms. The Labute approximate surface area is 116 Å². The molecule has 1 rings (SSSR count). The average Bonchev–Trinajstić information content (AvgIpc) is 2.03. The van der Waals surface area contributed by atoms with Gasteiger partial charge in [-0.15, -0.1) is 0 Å². The van der Waals surface area contributed by atoms with Crippen molar-refractivity contribution in [1.29, 1.82) is 0 Å². The van der Waals surface area contributed by atoms with Crippen LogP contribution in [0, 0.1) is 0 Å². The Morgan fingerprint density at radius 1 is 1.54 bits per heavy atom. The predicted octanol–water partition coefficient (Wildman–Crippen LogP) is 0.322. The zero-order chi connectivity index (χ0) is 10.1. The minimum absolute atomic E-state index is 0.111. The first-order valence-corrected chi connectivity index (χ1v) is 7.42. The maximum atomic E-state index is 11.5. The van der Waals surface area contributed by atoms with E-state index in [2.05, 4.69) is 4.98 Å². The maximum absolute atomic E-state index is 11.5. The first kappa shape index (κ1) is 12.1. The Morgan fingerprint density at radius 2 is 2.15 bits per heavy atom. The Kier molecular flexibility index (Phi) is 4.37. The molecular formula is C7H7ClKNO2S. The van der Waals surface area contributed by atoms with Gasteiger partial charge in [0.25, 0.3) is 0 Å². The second kappa shape index (κ2) is 4.70. The van der Waals surface area contributed by atoms with Gasteiger partial charge in [-0.1, -0.05) is 0 Å². The fourth-order valence-electron chi connectivity index (χ4n) is 1.00. The number of pyridine rings is 1. The Bertz CT molecular complexity index is 419. The summed E-state index contributed by atoms with van der Waals surface area (Å²) in [7, 11) is -3.12. The molecule has 0 atom stereocenters. The number of rotatable bonds is 2. The molecule has 13 heavy (non-hydrogen) atoms. The summed E-state index contributed by atoms with van der Waals surface area (Å²) < 4.78 is 23.6. The Morgan fingerprint density at radius 3 is 2.62 bits per heavy atom. The van der Waals surface area contributed by atoms with Crippen LogP contribution in [0.15, 0.2) is 17.0 Å². The van der Waals surface area contributed by atoms with Crippen molar-refractivity contribution in [2.75, 3.05) is 5.75 Å². The van der Waals surface area contributed by atoms with Gasteiger partial charge in [0.2, 0.25) is 0 Å². The van der Waals surface area contributed by atoms with Crippen LogP contribution < -0.4 is -0.212 Å². The molecule has 0 aliphatic heterocycles. The van der Waals surface area contributed by atoms with Crippen LogP contribution in [0.2, 0.25) is 5.15 Å². The van der Waals surface area contributed by atoms with E-state index < -0.39 is 9.84 Å². The topological polar surface area (TPSA) is 47.0 Å². The van der Waals surface area contributed by atoms with Gasteiger partial charge < -0.3 is 0 Å². The predicted molar refractivity (Wildman–Crippen MR) is 52.4 cm³/mol. The fourth-order valence-corrected chi connectivity index (χ4v) is 4.59. The molecule has 1 heterocycles. The fraction of sp³-hybridized carbons (Fsp3) is 0.286. The van der Waals surface area contributed by atoms with Gasteiger partial charge >= 0.3 is 118 Å². The minimum atomic E-state index is -3.12. The molecule has 0 N–H and O–H groups in total. The van der Waals surface area contributed by atoms with Crippen LogP contribution in [0.25, 0.3) is 0 Å². The molecule has 1 aromatic heterocycles. The molecule has 66 valence electrons. The van der Waals surface area contributed by atoms with Crippen LogP contribution in [0.4, 0.5) is 0 Å². The number of nitrogens with zero attached hydrogens (tertiary/aromatic N) is 1. The van der Waals surface area contributed by atoms with E-state index in [1.807, 2.05) is 0 Å². The van der Waals surface area contributed by atoms with Crippen molar-refractivity contribution in [3.8, 4) is 0 Å². The summed E-state index contributed by atoms with van der Waals surface area (Å²) >= 11 is 5.85. The van der Waals surface area contributed by atoms with Crippen molar-refractivity contribution < 1.29 is 8.42 Å². The van der Waals surface area contributed by atoms with Crippen LogP contribution in [0.3, 0.4) is 0 Å². The zero-order valence-electron chi connectivity index (χ0n) is 7.41. The number of hydrogen-bond acceptors (Lipinski definition) is 3. The van der Waals surface area contributed by atoms with Crippen LogP contribution >= 0.6 is 11.6 Å². The monoisotopic (exact) mass is 243 g/mol. The summed E-state index contributed by atoms with van der Waals surface area (Å²) in [5, 5.41) is 0.359. The number of sulfone groups is 1. The molecule has 0 saturated carbocycles. The van der Waals surface area contributed by atoms with E-state index in [1.54, 1.807) is 6.92 Å². The van der Waals surface area contributed by atoms with Gasteiger partial charge in [0.1, 0.15) is 0 Å². The molecule has 0 fully saturated rings. The van der Waals surface area contributed by atoms with Crippen LogP contribution in [0.5, 0.6) is 0 Å². The molecule has 3 nitrogen and oxygen atoms in total.